The number of amidine groups is 1. The molecule has 6 heteroatoms. The van der Waals surface area contributed by atoms with E-state index < -0.39 is 5.82 Å². The molecular weight excluding hydrogens is 369 g/mol. The Labute approximate surface area is 167 Å². The third kappa shape index (κ3) is 4.21. The normalized spacial score (nSPS) is 12.1. The second kappa shape index (κ2) is 8.06. The Balaban J connectivity index is 1.46. The van der Waals surface area contributed by atoms with Crippen LogP contribution in [-0.2, 0) is 13.1 Å². The predicted molar refractivity (Wildman–Crippen MR) is 108 cm³/mol. The van der Waals surface area contributed by atoms with E-state index in [1.54, 1.807) is 12.1 Å². The minimum atomic E-state index is -0.406. The van der Waals surface area contributed by atoms with Crippen molar-refractivity contribution in [3.8, 4) is 0 Å². The van der Waals surface area contributed by atoms with Crippen molar-refractivity contribution in [2.24, 2.45) is 4.99 Å². The second-order valence-corrected chi connectivity index (χ2v) is 6.67. The number of benzene rings is 3. The Bertz CT molecular complexity index is 1090. The molecule has 0 saturated carbocycles. The van der Waals surface area contributed by atoms with E-state index in [-0.39, 0.29) is 11.8 Å². The summed E-state index contributed by atoms with van der Waals surface area (Å²) in [6.45, 7) is 0.860. The lowest BCUT2D eigenvalue weighted by molar-refractivity contribution is 0.0949. The minimum absolute atomic E-state index is 0.201. The van der Waals surface area contributed by atoms with Crippen molar-refractivity contribution < 1.29 is 14.0 Å². The van der Waals surface area contributed by atoms with Crippen molar-refractivity contribution in [1.82, 2.24) is 10.6 Å². The molecule has 144 valence electrons. The molecule has 0 spiro atoms. The van der Waals surface area contributed by atoms with Crippen molar-refractivity contribution in [2.75, 3.05) is 0 Å². The van der Waals surface area contributed by atoms with Crippen molar-refractivity contribution >= 4 is 17.6 Å². The second-order valence-electron chi connectivity index (χ2n) is 6.67. The van der Waals surface area contributed by atoms with E-state index in [0.717, 1.165) is 11.1 Å². The molecule has 0 aromatic heterocycles. The highest BCUT2D eigenvalue weighted by Crippen LogP contribution is 2.20. The van der Waals surface area contributed by atoms with E-state index in [0.29, 0.717) is 35.6 Å². The first-order valence-electron chi connectivity index (χ1n) is 9.17. The fourth-order valence-corrected chi connectivity index (χ4v) is 3.09. The SMILES string of the molecule is O=C(NCc1ccccc1)c1ccc2c(c1)C(NC(=O)c1ccc(F)cc1)=NC2. The Morgan fingerprint density at radius 3 is 2.38 bits per heavy atom. The number of nitrogens with one attached hydrogen (secondary N) is 2. The quantitative estimate of drug-likeness (QED) is 0.720. The molecule has 0 saturated heterocycles. The predicted octanol–water partition coefficient (Wildman–Crippen LogP) is 3.45. The van der Waals surface area contributed by atoms with Gasteiger partial charge in [-0.05, 0) is 47.5 Å². The smallest absolute Gasteiger partial charge is 0.256 e. The maximum Gasteiger partial charge on any atom is 0.256 e. The van der Waals surface area contributed by atoms with E-state index in [1.165, 1.54) is 24.3 Å². The summed E-state index contributed by atoms with van der Waals surface area (Å²) in [6, 6.07) is 20.3. The number of rotatable bonds is 4. The molecule has 29 heavy (non-hydrogen) atoms. The lowest BCUT2D eigenvalue weighted by Gasteiger charge is -2.09. The molecule has 3 aromatic rings. The fourth-order valence-electron chi connectivity index (χ4n) is 3.09. The van der Waals surface area contributed by atoms with E-state index in [1.807, 2.05) is 36.4 Å². The van der Waals surface area contributed by atoms with Gasteiger partial charge in [0.05, 0.1) is 6.54 Å². The molecule has 1 aliphatic heterocycles. The lowest BCUT2D eigenvalue weighted by Crippen LogP contribution is -2.30. The third-order valence-corrected chi connectivity index (χ3v) is 4.67. The zero-order valence-corrected chi connectivity index (χ0v) is 15.5. The van der Waals surface area contributed by atoms with Crippen LogP contribution in [0.5, 0.6) is 0 Å². The molecule has 5 nitrogen and oxygen atoms in total. The highest BCUT2D eigenvalue weighted by atomic mass is 19.1. The standard InChI is InChI=1S/C23H18FN3O2/c24-19-10-8-16(9-11-19)23(29)27-21-20-12-17(6-7-18(20)14-25-21)22(28)26-13-15-4-2-1-3-5-15/h1-12H,13-14H2,(H,26,28)(H,25,27,29). The summed E-state index contributed by atoms with van der Waals surface area (Å²) in [5.41, 5.74) is 3.48. The molecule has 1 heterocycles. The Hall–Kier alpha value is -3.80. The Kier molecular flexibility index (Phi) is 5.16. The third-order valence-electron chi connectivity index (χ3n) is 4.67. The number of carbonyl (C=O) groups excluding carboxylic acids is 2. The number of amides is 2. The molecule has 2 amide bonds. The maximum absolute atomic E-state index is 13.1. The molecule has 0 bridgehead atoms. The van der Waals surface area contributed by atoms with Gasteiger partial charge in [0, 0.05) is 23.2 Å². The number of fused-ring (bicyclic) bond motifs is 1. The first kappa shape index (κ1) is 18.6. The van der Waals surface area contributed by atoms with Gasteiger partial charge in [-0.15, -0.1) is 0 Å². The fraction of sp³-hybridized carbons (Fsp3) is 0.0870. The van der Waals surface area contributed by atoms with Crippen LogP contribution in [0.15, 0.2) is 77.8 Å². The topological polar surface area (TPSA) is 70.6 Å². The van der Waals surface area contributed by atoms with Crippen molar-refractivity contribution in [3.63, 3.8) is 0 Å². The van der Waals surface area contributed by atoms with Crippen molar-refractivity contribution in [1.29, 1.82) is 0 Å². The van der Waals surface area contributed by atoms with Gasteiger partial charge in [-0.3, -0.25) is 14.6 Å². The van der Waals surface area contributed by atoms with Crippen LogP contribution in [0.4, 0.5) is 4.39 Å². The van der Waals surface area contributed by atoms with Gasteiger partial charge in [0.15, 0.2) is 0 Å². The number of hydrogen-bond donors (Lipinski definition) is 2. The van der Waals surface area contributed by atoms with Gasteiger partial charge >= 0.3 is 0 Å². The van der Waals surface area contributed by atoms with Gasteiger partial charge < -0.3 is 10.6 Å². The molecule has 0 radical (unpaired) electrons. The number of aliphatic imine (C=N–C) groups is 1. The molecule has 4 rings (SSSR count). The van der Waals surface area contributed by atoms with Crippen LogP contribution >= 0.6 is 0 Å². The number of hydrogen-bond acceptors (Lipinski definition) is 3. The lowest BCUT2D eigenvalue weighted by atomic mass is 10.0. The molecule has 2 N–H and O–H groups in total. The van der Waals surface area contributed by atoms with Crippen LogP contribution in [-0.4, -0.2) is 17.6 Å². The maximum atomic E-state index is 13.1. The largest absolute Gasteiger partial charge is 0.348 e. The summed E-state index contributed by atoms with van der Waals surface area (Å²) in [4.78, 5) is 29.3. The number of carbonyl (C=O) groups is 2. The van der Waals surface area contributed by atoms with Crippen LogP contribution in [0.2, 0.25) is 0 Å². The first-order valence-corrected chi connectivity index (χ1v) is 9.17. The van der Waals surface area contributed by atoms with E-state index in [4.69, 9.17) is 0 Å². The summed E-state index contributed by atoms with van der Waals surface area (Å²) in [7, 11) is 0. The van der Waals surface area contributed by atoms with Gasteiger partial charge in [-0.25, -0.2) is 4.39 Å². The van der Waals surface area contributed by atoms with Gasteiger partial charge in [0.2, 0.25) is 0 Å². The summed E-state index contributed by atoms with van der Waals surface area (Å²) in [6.07, 6.45) is 0. The highest BCUT2D eigenvalue weighted by molar-refractivity contribution is 6.14. The van der Waals surface area contributed by atoms with Crippen molar-refractivity contribution in [2.45, 2.75) is 13.1 Å². The van der Waals surface area contributed by atoms with E-state index >= 15 is 0 Å². The van der Waals surface area contributed by atoms with Crippen LogP contribution in [0.3, 0.4) is 0 Å². The summed E-state index contributed by atoms with van der Waals surface area (Å²) in [5, 5.41) is 5.64. The van der Waals surface area contributed by atoms with Crippen LogP contribution < -0.4 is 10.6 Å². The van der Waals surface area contributed by atoms with Gasteiger partial charge in [0.1, 0.15) is 11.7 Å². The first-order chi connectivity index (χ1) is 14.1. The molecule has 3 aromatic carbocycles. The Morgan fingerprint density at radius 2 is 1.62 bits per heavy atom. The minimum Gasteiger partial charge on any atom is -0.348 e. The van der Waals surface area contributed by atoms with Crippen LogP contribution in [0.1, 0.15) is 37.4 Å². The monoisotopic (exact) mass is 387 g/mol. The summed E-state index contributed by atoms with van der Waals surface area (Å²) < 4.78 is 13.1. The van der Waals surface area contributed by atoms with Gasteiger partial charge in [-0.2, -0.15) is 0 Å². The molecule has 0 unspecified atom stereocenters. The molecule has 0 fully saturated rings. The van der Waals surface area contributed by atoms with E-state index in [9.17, 15) is 14.0 Å². The van der Waals surface area contributed by atoms with Gasteiger partial charge in [-0.1, -0.05) is 36.4 Å². The van der Waals surface area contributed by atoms with Crippen LogP contribution in [0.25, 0.3) is 0 Å². The average Bonchev–Trinajstić information content (AvgIpc) is 3.15. The summed E-state index contributed by atoms with van der Waals surface area (Å²) >= 11 is 0. The van der Waals surface area contributed by atoms with E-state index in [2.05, 4.69) is 15.6 Å². The number of halogens is 1. The molecular formula is C23H18FN3O2. The highest BCUT2D eigenvalue weighted by Gasteiger charge is 2.20. The zero-order valence-electron chi connectivity index (χ0n) is 15.5. The molecule has 0 aliphatic carbocycles. The molecule has 0 atom stereocenters. The van der Waals surface area contributed by atoms with Crippen molar-refractivity contribution in [3.05, 3.63) is 106 Å². The number of nitrogens with zero attached hydrogens (tertiary/aromatic N) is 1. The molecule has 1 aliphatic rings. The van der Waals surface area contributed by atoms with Crippen LogP contribution in [0, 0.1) is 5.82 Å². The Morgan fingerprint density at radius 1 is 0.897 bits per heavy atom. The zero-order chi connectivity index (χ0) is 20.2. The van der Waals surface area contributed by atoms with Gasteiger partial charge in [0.25, 0.3) is 11.8 Å². The average molecular weight is 387 g/mol. The summed E-state index contributed by atoms with van der Waals surface area (Å²) in [5.74, 6) is -0.577.